The van der Waals surface area contributed by atoms with E-state index in [9.17, 15) is 4.79 Å². The van der Waals surface area contributed by atoms with Gasteiger partial charge in [-0.25, -0.2) is 0 Å². The summed E-state index contributed by atoms with van der Waals surface area (Å²) in [6, 6.07) is 16.6. The van der Waals surface area contributed by atoms with E-state index in [-0.39, 0.29) is 5.91 Å². The number of hydrogen-bond acceptors (Lipinski definition) is 3. The van der Waals surface area contributed by atoms with Gasteiger partial charge in [0.25, 0.3) is 5.91 Å². The van der Waals surface area contributed by atoms with Gasteiger partial charge in [-0.15, -0.1) is 11.8 Å². The number of nitrogens with zero attached hydrogens (tertiary/aromatic N) is 1. The monoisotopic (exact) mass is 382 g/mol. The Morgan fingerprint density at radius 3 is 2.41 bits per heavy atom. The van der Waals surface area contributed by atoms with Gasteiger partial charge in [-0.1, -0.05) is 29.8 Å². The number of carbonyl (C=O) groups is 1. The first-order valence-corrected chi connectivity index (χ1v) is 10.8. The van der Waals surface area contributed by atoms with Crippen LogP contribution in [0.25, 0.3) is 0 Å². The molecule has 3 rings (SSSR count). The summed E-state index contributed by atoms with van der Waals surface area (Å²) in [5.41, 5.74) is 3.27. The van der Waals surface area contributed by atoms with Crippen LogP contribution in [0.1, 0.15) is 40.7 Å². The smallest absolute Gasteiger partial charge is 0.251 e. The summed E-state index contributed by atoms with van der Waals surface area (Å²) in [5, 5.41) is 3.08. The van der Waals surface area contributed by atoms with Crippen LogP contribution in [0.5, 0.6) is 0 Å². The topological polar surface area (TPSA) is 32.3 Å². The second-order valence-electron chi connectivity index (χ2n) is 7.59. The second-order valence-corrected chi connectivity index (χ2v) is 8.64. The largest absolute Gasteiger partial charge is 0.352 e. The molecule has 1 saturated heterocycles. The van der Waals surface area contributed by atoms with Crippen molar-refractivity contribution >= 4 is 17.7 Å². The van der Waals surface area contributed by atoms with Crippen molar-refractivity contribution in [2.75, 3.05) is 26.7 Å². The number of aryl methyl sites for hydroxylation is 1. The summed E-state index contributed by atoms with van der Waals surface area (Å²) in [6.45, 7) is 5.24. The highest BCUT2D eigenvalue weighted by Gasteiger charge is 2.16. The van der Waals surface area contributed by atoms with Crippen molar-refractivity contribution in [1.82, 2.24) is 10.2 Å². The van der Waals surface area contributed by atoms with Crippen molar-refractivity contribution < 1.29 is 4.79 Å². The van der Waals surface area contributed by atoms with Gasteiger partial charge in [0.05, 0.1) is 0 Å². The molecule has 27 heavy (non-hydrogen) atoms. The average Bonchev–Trinajstić information content (AvgIpc) is 2.69. The Morgan fingerprint density at radius 1 is 1.07 bits per heavy atom. The summed E-state index contributed by atoms with van der Waals surface area (Å²) in [4.78, 5) is 16.0. The zero-order valence-electron chi connectivity index (χ0n) is 16.4. The number of nitrogens with one attached hydrogen (secondary N) is 1. The second kappa shape index (κ2) is 9.95. The molecule has 0 aromatic heterocycles. The van der Waals surface area contributed by atoms with E-state index >= 15 is 0 Å². The predicted molar refractivity (Wildman–Crippen MR) is 114 cm³/mol. The molecule has 144 valence electrons. The Morgan fingerprint density at radius 2 is 1.74 bits per heavy atom. The summed E-state index contributed by atoms with van der Waals surface area (Å²) in [7, 11) is 2.18. The van der Waals surface area contributed by atoms with Crippen LogP contribution in [0.2, 0.25) is 0 Å². The third kappa shape index (κ3) is 6.40. The van der Waals surface area contributed by atoms with Gasteiger partial charge in [0, 0.05) is 22.8 Å². The summed E-state index contributed by atoms with van der Waals surface area (Å²) in [6.07, 6.45) is 3.59. The third-order valence-electron chi connectivity index (χ3n) is 5.32. The lowest BCUT2D eigenvalue weighted by Gasteiger charge is -2.28. The number of hydrogen-bond donors (Lipinski definition) is 1. The minimum atomic E-state index is 0.0423. The van der Waals surface area contributed by atoms with E-state index in [0.717, 1.165) is 30.2 Å². The quantitative estimate of drug-likeness (QED) is 0.702. The molecule has 0 saturated carbocycles. The molecule has 0 atom stereocenters. The number of thioether (sulfide) groups is 1. The van der Waals surface area contributed by atoms with Crippen molar-refractivity contribution in [2.45, 2.75) is 36.8 Å². The highest BCUT2D eigenvalue weighted by atomic mass is 32.2. The van der Waals surface area contributed by atoms with Crippen LogP contribution in [0, 0.1) is 12.8 Å². The van der Waals surface area contributed by atoms with Crippen LogP contribution in [-0.2, 0) is 5.75 Å². The molecule has 2 aromatic carbocycles. The molecule has 0 unspecified atom stereocenters. The number of carbonyl (C=O) groups excluding carboxylic acids is 1. The van der Waals surface area contributed by atoms with Crippen LogP contribution in [-0.4, -0.2) is 37.5 Å². The predicted octanol–water partition coefficient (Wildman–Crippen LogP) is 4.75. The van der Waals surface area contributed by atoms with Crippen LogP contribution in [0.15, 0.2) is 53.4 Å². The normalized spacial score (nSPS) is 15.6. The molecule has 0 radical (unpaired) electrons. The van der Waals surface area contributed by atoms with Gasteiger partial charge in [-0.2, -0.15) is 0 Å². The van der Waals surface area contributed by atoms with Gasteiger partial charge in [-0.05, 0) is 82.1 Å². The summed E-state index contributed by atoms with van der Waals surface area (Å²) < 4.78 is 0. The zero-order chi connectivity index (χ0) is 19.1. The molecule has 3 nitrogen and oxygen atoms in total. The van der Waals surface area contributed by atoms with Crippen LogP contribution in [0.3, 0.4) is 0 Å². The minimum absolute atomic E-state index is 0.0423. The molecule has 2 aromatic rings. The van der Waals surface area contributed by atoms with E-state index < -0.39 is 0 Å². The number of piperidine rings is 1. The zero-order valence-corrected chi connectivity index (χ0v) is 17.2. The maximum Gasteiger partial charge on any atom is 0.251 e. The van der Waals surface area contributed by atoms with Gasteiger partial charge in [-0.3, -0.25) is 4.79 Å². The standard InChI is InChI=1S/C23H30N2OS/c1-18-3-9-22(10-4-18)27-17-20-5-7-21(8-6-20)23(26)24-14-11-19-12-15-25(2)16-13-19/h3-10,19H,11-17H2,1-2H3,(H,24,26). The van der Waals surface area contributed by atoms with Crippen LogP contribution in [0.4, 0.5) is 0 Å². The van der Waals surface area contributed by atoms with Gasteiger partial charge >= 0.3 is 0 Å². The Hall–Kier alpha value is -1.78. The molecule has 1 amide bonds. The lowest BCUT2D eigenvalue weighted by Crippen LogP contribution is -2.32. The molecule has 0 bridgehead atoms. The third-order valence-corrected chi connectivity index (χ3v) is 6.40. The molecule has 0 aliphatic carbocycles. The Bertz CT molecular complexity index is 719. The molecule has 1 heterocycles. The number of rotatable bonds is 7. The highest BCUT2D eigenvalue weighted by Crippen LogP contribution is 2.23. The number of benzene rings is 2. The van der Waals surface area contributed by atoms with Crippen molar-refractivity contribution in [3.63, 3.8) is 0 Å². The SMILES string of the molecule is Cc1ccc(SCc2ccc(C(=O)NCCC3CCN(C)CC3)cc2)cc1. The molecule has 1 aliphatic rings. The highest BCUT2D eigenvalue weighted by molar-refractivity contribution is 7.98. The fourth-order valence-electron chi connectivity index (χ4n) is 3.40. The van der Waals surface area contributed by atoms with Crippen molar-refractivity contribution in [3.05, 3.63) is 65.2 Å². The maximum atomic E-state index is 12.3. The van der Waals surface area contributed by atoms with Gasteiger partial charge in [0.15, 0.2) is 0 Å². The van der Waals surface area contributed by atoms with Crippen LogP contribution >= 0.6 is 11.8 Å². The lowest BCUT2D eigenvalue weighted by atomic mass is 9.94. The van der Waals surface area contributed by atoms with E-state index in [1.165, 1.54) is 42.0 Å². The van der Waals surface area contributed by atoms with Gasteiger partial charge < -0.3 is 10.2 Å². The number of amides is 1. The Labute approximate surface area is 167 Å². The molecule has 0 spiro atoms. The van der Waals surface area contributed by atoms with Crippen LogP contribution < -0.4 is 5.32 Å². The van der Waals surface area contributed by atoms with E-state index in [1.807, 2.05) is 23.9 Å². The molecule has 4 heteroatoms. The van der Waals surface area contributed by atoms with Crippen molar-refractivity contribution in [1.29, 1.82) is 0 Å². The minimum Gasteiger partial charge on any atom is -0.352 e. The van der Waals surface area contributed by atoms with Crippen molar-refractivity contribution in [3.8, 4) is 0 Å². The molecule has 1 N–H and O–H groups in total. The first kappa shape index (κ1) is 20.0. The fraction of sp³-hybridized carbons (Fsp3) is 0.435. The molecule has 1 aliphatic heterocycles. The van der Waals surface area contributed by atoms with Gasteiger partial charge in [0.1, 0.15) is 0 Å². The fourth-order valence-corrected chi connectivity index (χ4v) is 4.25. The molecular formula is C23H30N2OS. The Balaban J connectivity index is 1.41. The molecule has 1 fully saturated rings. The van der Waals surface area contributed by atoms with E-state index in [0.29, 0.717) is 0 Å². The van der Waals surface area contributed by atoms with Gasteiger partial charge in [0.2, 0.25) is 0 Å². The first-order valence-electron chi connectivity index (χ1n) is 9.85. The summed E-state index contributed by atoms with van der Waals surface area (Å²) >= 11 is 1.82. The number of likely N-dealkylation sites (tertiary alicyclic amines) is 1. The van der Waals surface area contributed by atoms with E-state index in [4.69, 9.17) is 0 Å². The lowest BCUT2D eigenvalue weighted by molar-refractivity contribution is 0.0949. The molecular weight excluding hydrogens is 352 g/mol. The maximum absolute atomic E-state index is 12.3. The first-order chi connectivity index (χ1) is 13.1. The Kier molecular flexibility index (Phi) is 7.36. The summed E-state index contributed by atoms with van der Waals surface area (Å²) in [5.74, 6) is 1.71. The van der Waals surface area contributed by atoms with E-state index in [2.05, 4.69) is 60.6 Å². The van der Waals surface area contributed by atoms with Crippen molar-refractivity contribution in [2.24, 2.45) is 5.92 Å². The average molecular weight is 383 g/mol. The van der Waals surface area contributed by atoms with E-state index in [1.54, 1.807) is 0 Å².